The number of imide groups is 1. The van der Waals surface area contributed by atoms with Crippen molar-refractivity contribution < 1.29 is 26.9 Å². The molecule has 1 fully saturated rings. The van der Waals surface area contributed by atoms with Crippen LogP contribution >= 0.6 is 11.8 Å². The number of carbonyl (C=O) groups excluding carboxylic acids is 2. The molecule has 9 heteroatoms. The van der Waals surface area contributed by atoms with E-state index in [9.17, 15) is 18.0 Å². The summed E-state index contributed by atoms with van der Waals surface area (Å²) < 4.78 is 35.5. The van der Waals surface area contributed by atoms with Crippen molar-refractivity contribution >= 4 is 39.1 Å². The minimum absolute atomic E-state index is 0.0177. The van der Waals surface area contributed by atoms with Crippen molar-refractivity contribution in [3.05, 3.63) is 94.4 Å². The number of thioether (sulfide) groups is 1. The molecule has 0 unspecified atom stereocenters. The Labute approximate surface area is 202 Å². The first-order valence-electron chi connectivity index (χ1n) is 10.2. The van der Waals surface area contributed by atoms with Gasteiger partial charge < -0.3 is 8.92 Å². The lowest BCUT2D eigenvalue weighted by atomic mass is 10.1. The fourth-order valence-corrected chi connectivity index (χ4v) is 5.00. The maximum atomic E-state index is 12.8. The van der Waals surface area contributed by atoms with Gasteiger partial charge in [0.15, 0.2) is 0 Å². The van der Waals surface area contributed by atoms with Crippen LogP contribution < -0.4 is 8.92 Å². The second-order valence-corrected chi connectivity index (χ2v) is 10.1. The van der Waals surface area contributed by atoms with E-state index >= 15 is 0 Å². The number of ether oxygens (including phenoxy) is 1. The highest BCUT2D eigenvalue weighted by Gasteiger charge is 2.35. The first-order chi connectivity index (χ1) is 16.2. The van der Waals surface area contributed by atoms with E-state index in [2.05, 4.69) is 0 Å². The molecule has 174 valence electrons. The average molecular weight is 496 g/mol. The third-order valence-electron chi connectivity index (χ3n) is 5.04. The zero-order valence-corrected chi connectivity index (χ0v) is 20.1. The Morgan fingerprint density at radius 2 is 1.65 bits per heavy atom. The van der Waals surface area contributed by atoms with Crippen molar-refractivity contribution in [1.82, 2.24) is 4.90 Å². The monoisotopic (exact) mass is 495 g/mol. The Morgan fingerprint density at radius 1 is 0.941 bits per heavy atom. The van der Waals surface area contributed by atoms with Gasteiger partial charge in [0, 0.05) is 0 Å². The summed E-state index contributed by atoms with van der Waals surface area (Å²) in [6.07, 6.45) is 1.55. The van der Waals surface area contributed by atoms with Gasteiger partial charge in [0.05, 0.1) is 18.6 Å². The zero-order chi connectivity index (χ0) is 24.3. The van der Waals surface area contributed by atoms with Gasteiger partial charge in [0.1, 0.15) is 16.4 Å². The number of amides is 2. The van der Waals surface area contributed by atoms with Gasteiger partial charge in [0.25, 0.3) is 11.1 Å². The highest BCUT2D eigenvalue weighted by atomic mass is 32.2. The molecule has 0 N–H and O–H groups in total. The number of carbonyl (C=O) groups is 2. The molecule has 0 radical (unpaired) electrons. The number of rotatable bonds is 7. The van der Waals surface area contributed by atoms with Crippen LogP contribution in [0.1, 0.15) is 16.7 Å². The molecule has 0 bridgehead atoms. The Morgan fingerprint density at radius 3 is 2.32 bits per heavy atom. The van der Waals surface area contributed by atoms with Crippen LogP contribution in [0.4, 0.5) is 4.79 Å². The molecule has 3 aromatic carbocycles. The number of nitrogens with zero attached hydrogens (tertiary/aromatic N) is 1. The van der Waals surface area contributed by atoms with Crippen molar-refractivity contribution in [2.45, 2.75) is 18.4 Å². The maximum absolute atomic E-state index is 12.8. The van der Waals surface area contributed by atoms with Crippen LogP contribution in [-0.4, -0.2) is 31.6 Å². The van der Waals surface area contributed by atoms with Gasteiger partial charge in [-0.2, -0.15) is 8.42 Å². The van der Waals surface area contributed by atoms with Gasteiger partial charge in [-0.25, -0.2) is 0 Å². The summed E-state index contributed by atoms with van der Waals surface area (Å²) in [7, 11) is -2.57. The molecule has 1 saturated heterocycles. The fourth-order valence-electron chi connectivity index (χ4n) is 3.24. The van der Waals surface area contributed by atoms with E-state index in [1.807, 2.05) is 31.2 Å². The number of methoxy groups -OCH3 is 1. The van der Waals surface area contributed by atoms with Crippen LogP contribution in [-0.2, 0) is 21.5 Å². The van der Waals surface area contributed by atoms with E-state index < -0.39 is 16.0 Å². The number of hydrogen-bond donors (Lipinski definition) is 0. The number of aryl methyl sites for hydroxylation is 1. The van der Waals surface area contributed by atoms with Crippen molar-refractivity contribution in [2.24, 2.45) is 0 Å². The van der Waals surface area contributed by atoms with E-state index in [1.165, 1.54) is 48.4 Å². The SMILES string of the molecule is COc1ccc(S(=O)(=O)Oc2cccc(/C=C3\SC(=O)N(Cc4ccc(C)cc4)C3=O)c2)cc1. The normalized spacial score (nSPS) is 15.1. The van der Waals surface area contributed by atoms with E-state index in [-0.39, 0.29) is 27.3 Å². The lowest BCUT2D eigenvalue weighted by molar-refractivity contribution is -0.123. The molecular formula is C25H21NO6S2. The van der Waals surface area contributed by atoms with Crippen LogP contribution in [0.5, 0.6) is 11.5 Å². The highest BCUT2D eigenvalue weighted by Crippen LogP contribution is 2.34. The Kier molecular flexibility index (Phi) is 6.76. The summed E-state index contributed by atoms with van der Waals surface area (Å²) in [5, 5.41) is -0.355. The zero-order valence-electron chi connectivity index (χ0n) is 18.4. The molecule has 7 nitrogen and oxygen atoms in total. The second kappa shape index (κ2) is 9.74. The van der Waals surface area contributed by atoms with E-state index in [1.54, 1.807) is 18.2 Å². The van der Waals surface area contributed by atoms with Crippen LogP contribution in [0.15, 0.2) is 82.6 Å². The Bertz CT molecular complexity index is 1360. The molecule has 1 aliphatic heterocycles. The van der Waals surface area contributed by atoms with Crippen molar-refractivity contribution in [1.29, 1.82) is 0 Å². The van der Waals surface area contributed by atoms with Crippen molar-refractivity contribution in [3.8, 4) is 11.5 Å². The van der Waals surface area contributed by atoms with E-state index in [0.29, 0.717) is 11.3 Å². The smallest absolute Gasteiger partial charge is 0.339 e. The Balaban J connectivity index is 1.51. The molecule has 1 heterocycles. The van der Waals surface area contributed by atoms with Gasteiger partial charge in [-0.15, -0.1) is 0 Å². The van der Waals surface area contributed by atoms with Crippen LogP contribution in [0.25, 0.3) is 6.08 Å². The summed E-state index contributed by atoms with van der Waals surface area (Å²) in [4.78, 5) is 26.7. The van der Waals surface area contributed by atoms with Gasteiger partial charge in [0.2, 0.25) is 0 Å². The predicted octanol–water partition coefficient (Wildman–Crippen LogP) is 5.01. The van der Waals surface area contributed by atoms with Crippen LogP contribution in [0.3, 0.4) is 0 Å². The highest BCUT2D eigenvalue weighted by molar-refractivity contribution is 8.18. The fraction of sp³-hybridized carbons (Fsp3) is 0.120. The molecule has 2 amide bonds. The first kappa shape index (κ1) is 23.6. The summed E-state index contributed by atoms with van der Waals surface area (Å²) in [5.41, 5.74) is 2.48. The molecule has 0 atom stereocenters. The number of benzene rings is 3. The largest absolute Gasteiger partial charge is 0.497 e. The lowest BCUT2D eigenvalue weighted by Gasteiger charge is -2.12. The molecule has 0 aliphatic carbocycles. The lowest BCUT2D eigenvalue weighted by Crippen LogP contribution is -2.27. The van der Waals surface area contributed by atoms with E-state index in [0.717, 1.165) is 22.9 Å². The standard InChI is InChI=1S/C25H21NO6S2/c1-17-6-8-18(9-7-17)16-26-24(27)23(33-25(26)28)15-19-4-3-5-21(14-19)32-34(29,30)22-12-10-20(31-2)11-13-22/h3-15H,16H2,1-2H3/b23-15-. The maximum Gasteiger partial charge on any atom is 0.339 e. The van der Waals surface area contributed by atoms with E-state index in [4.69, 9.17) is 8.92 Å². The van der Waals surface area contributed by atoms with Crippen LogP contribution in [0.2, 0.25) is 0 Å². The molecule has 0 saturated carbocycles. The third-order valence-corrected chi connectivity index (χ3v) is 7.21. The van der Waals surface area contributed by atoms with Crippen molar-refractivity contribution in [3.63, 3.8) is 0 Å². The predicted molar refractivity (Wildman–Crippen MR) is 130 cm³/mol. The average Bonchev–Trinajstić information content (AvgIpc) is 3.07. The van der Waals surface area contributed by atoms with Gasteiger partial charge >= 0.3 is 10.1 Å². The molecule has 1 aliphatic rings. The summed E-state index contributed by atoms with van der Waals surface area (Å²) in [6, 6.07) is 19.8. The molecular weight excluding hydrogens is 474 g/mol. The summed E-state index contributed by atoms with van der Waals surface area (Å²) in [6.45, 7) is 2.15. The number of hydrogen-bond acceptors (Lipinski definition) is 7. The van der Waals surface area contributed by atoms with Gasteiger partial charge in [-0.1, -0.05) is 42.0 Å². The first-order valence-corrected chi connectivity index (χ1v) is 12.5. The van der Waals surface area contributed by atoms with Gasteiger partial charge in [-0.05, 0) is 72.3 Å². The third kappa shape index (κ3) is 5.32. The van der Waals surface area contributed by atoms with Gasteiger partial charge in [-0.3, -0.25) is 14.5 Å². The summed E-state index contributed by atoms with van der Waals surface area (Å²) in [5.74, 6) is 0.216. The quantitative estimate of drug-likeness (QED) is 0.336. The Hall–Kier alpha value is -3.56. The minimum atomic E-state index is -4.06. The van der Waals surface area contributed by atoms with Crippen LogP contribution in [0, 0.1) is 6.92 Å². The second-order valence-electron chi connectivity index (χ2n) is 7.54. The molecule has 34 heavy (non-hydrogen) atoms. The van der Waals surface area contributed by atoms with Crippen molar-refractivity contribution in [2.75, 3.05) is 7.11 Å². The summed E-state index contributed by atoms with van der Waals surface area (Å²) >= 11 is 0.846. The molecule has 4 rings (SSSR count). The molecule has 3 aromatic rings. The minimum Gasteiger partial charge on any atom is -0.497 e. The topological polar surface area (TPSA) is 90.0 Å². The molecule has 0 aromatic heterocycles. The molecule has 0 spiro atoms.